The quantitative estimate of drug-likeness (QED) is 0.586. The number of hydrogen-bond acceptors (Lipinski definition) is 5. The summed E-state index contributed by atoms with van der Waals surface area (Å²) in [6.45, 7) is 0.672. The Balaban J connectivity index is 2.07. The summed E-state index contributed by atoms with van der Waals surface area (Å²) in [6.07, 6.45) is 0.474. The van der Waals surface area contributed by atoms with Crippen molar-refractivity contribution in [1.82, 2.24) is 10.2 Å². The molecule has 86 valence electrons. The van der Waals surface area contributed by atoms with E-state index in [-0.39, 0.29) is 23.9 Å². The Hall–Kier alpha value is -1.73. The molecule has 16 heavy (non-hydrogen) atoms. The Morgan fingerprint density at radius 2 is 2.44 bits per heavy atom. The zero-order valence-corrected chi connectivity index (χ0v) is 8.53. The number of anilines is 1. The van der Waals surface area contributed by atoms with Crippen LogP contribution in [0, 0.1) is 0 Å². The van der Waals surface area contributed by atoms with Gasteiger partial charge in [-0.25, -0.2) is 5.10 Å². The van der Waals surface area contributed by atoms with Crippen LogP contribution < -0.4 is 16.6 Å². The second-order valence-corrected chi connectivity index (χ2v) is 3.72. The molecule has 0 radical (unpaired) electrons. The Bertz CT molecular complexity index is 430. The third kappa shape index (κ3) is 2.10. The Kier molecular flexibility index (Phi) is 2.71. The molecule has 2 rings (SSSR count). The lowest BCUT2D eigenvalue weighted by Gasteiger charge is -2.19. The molecule has 1 amide bonds. The number of amides is 1. The van der Waals surface area contributed by atoms with Gasteiger partial charge < -0.3 is 15.8 Å². The van der Waals surface area contributed by atoms with Crippen molar-refractivity contribution >= 4 is 11.7 Å². The average Bonchev–Trinajstić information content (AvgIpc) is 2.70. The fourth-order valence-electron chi connectivity index (χ4n) is 1.41. The molecule has 0 spiro atoms. The standard InChI is InChI=1S/C9H12N4O3/c10-9(3-4-16-5-9)8(15)11-6-1-2-7(14)13-12-6/h1-2H,3-5,10H2,(H,13,14)(H,11,12,15). The number of ether oxygens (including phenoxy) is 1. The molecule has 0 saturated carbocycles. The Morgan fingerprint density at radius 3 is 3.00 bits per heavy atom. The molecule has 4 N–H and O–H groups in total. The minimum atomic E-state index is -1.00. The van der Waals surface area contributed by atoms with Gasteiger partial charge in [-0.2, -0.15) is 5.10 Å². The summed E-state index contributed by atoms with van der Waals surface area (Å²) in [5.74, 6) is -0.0918. The van der Waals surface area contributed by atoms with Crippen LogP contribution in [0.5, 0.6) is 0 Å². The monoisotopic (exact) mass is 224 g/mol. The van der Waals surface area contributed by atoms with Crippen molar-refractivity contribution in [2.45, 2.75) is 12.0 Å². The normalized spacial score (nSPS) is 24.3. The van der Waals surface area contributed by atoms with Gasteiger partial charge >= 0.3 is 0 Å². The molecule has 2 heterocycles. The highest BCUT2D eigenvalue weighted by Gasteiger charge is 2.38. The van der Waals surface area contributed by atoms with E-state index in [2.05, 4.69) is 15.5 Å². The largest absolute Gasteiger partial charge is 0.379 e. The van der Waals surface area contributed by atoms with Crippen molar-refractivity contribution in [3.8, 4) is 0 Å². The van der Waals surface area contributed by atoms with E-state index in [1.807, 2.05) is 0 Å². The molecule has 1 fully saturated rings. The van der Waals surface area contributed by atoms with Gasteiger partial charge in [0.1, 0.15) is 5.54 Å². The molecule has 0 bridgehead atoms. The van der Waals surface area contributed by atoms with Gasteiger partial charge in [-0.3, -0.25) is 9.59 Å². The van der Waals surface area contributed by atoms with E-state index in [1.54, 1.807) is 0 Å². The Labute approximate surface area is 91.0 Å². The molecule has 1 saturated heterocycles. The van der Waals surface area contributed by atoms with E-state index in [1.165, 1.54) is 12.1 Å². The summed E-state index contributed by atoms with van der Waals surface area (Å²) in [6, 6.07) is 2.69. The van der Waals surface area contributed by atoms with Gasteiger partial charge in [0.15, 0.2) is 5.82 Å². The molecule has 0 aliphatic carbocycles. The highest BCUT2D eigenvalue weighted by atomic mass is 16.5. The first-order valence-corrected chi connectivity index (χ1v) is 4.84. The van der Waals surface area contributed by atoms with Crippen LogP contribution in [0.3, 0.4) is 0 Å². The van der Waals surface area contributed by atoms with Gasteiger partial charge in [-0.1, -0.05) is 0 Å². The summed E-state index contributed by atoms with van der Waals surface area (Å²) in [5.41, 5.74) is 4.51. The number of carbonyl (C=O) groups excluding carboxylic acids is 1. The number of H-pyrrole nitrogens is 1. The predicted octanol–water partition coefficient (Wildman–Crippen LogP) is -1.17. The molecule has 7 nitrogen and oxygen atoms in total. The minimum absolute atomic E-state index is 0.197. The highest BCUT2D eigenvalue weighted by molar-refractivity contribution is 5.97. The van der Waals surface area contributed by atoms with E-state index in [4.69, 9.17) is 10.5 Å². The lowest BCUT2D eigenvalue weighted by Crippen LogP contribution is -2.51. The second kappa shape index (κ2) is 4.03. The van der Waals surface area contributed by atoms with Crippen LogP contribution in [0.2, 0.25) is 0 Å². The zero-order valence-electron chi connectivity index (χ0n) is 8.53. The number of aromatic amines is 1. The van der Waals surface area contributed by atoms with E-state index in [9.17, 15) is 9.59 Å². The molecule has 1 aromatic heterocycles. The first kappa shape index (κ1) is 10.8. The number of rotatable bonds is 2. The summed E-state index contributed by atoms with van der Waals surface area (Å²) < 4.78 is 5.07. The van der Waals surface area contributed by atoms with Crippen LogP contribution in [-0.4, -0.2) is 34.9 Å². The summed E-state index contributed by atoms with van der Waals surface area (Å²) in [5, 5.41) is 8.40. The van der Waals surface area contributed by atoms with Crippen molar-refractivity contribution in [2.75, 3.05) is 18.5 Å². The number of hydrogen-bond donors (Lipinski definition) is 3. The van der Waals surface area contributed by atoms with Crippen LogP contribution in [-0.2, 0) is 9.53 Å². The molecule has 1 aliphatic heterocycles. The average molecular weight is 224 g/mol. The number of nitrogens with one attached hydrogen (secondary N) is 2. The molecular weight excluding hydrogens is 212 g/mol. The van der Waals surface area contributed by atoms with Crippen LogP contribution in [0.4, 0.5) is 5.82 Å². The van der Waals surface area contributed by atoms with E-state index in [0.29, 0.717) is 13.0 Å². The maximum atomic E-state index is 11.8. The third-order valence-electron chi connectivity index (χ3n) is 2.43. The van der Waals surface area contributed by atoms with Gasteiger partial charge in [0, 0.05) is 12.7 Å². The maximum absolute atomic E-state index is 11.8. The van der Waals surface area contributed by atoms with E-state index >= 15 is 0 Å². The number of nitrogens with two attached hydrogens (primary N) is 1. The number of aromatic nitrogens is 2. The van der Waals surface area contributed by atoms with Gasteiger partial charge in [-0.15, -0.1) is 0 Å². The summed E-state index contributed by atoms with van der Waals surface area (Å²) >= 11 is 0. The van der Waals surface area contributed by atoms with E-state index in [0.717, 1.165) is 0 Å². The molecule has 0 aromatic carbocycles. The molecule has 1 aliphatic rings. The first-order chi connectivity index (χ1) is 7.60. The number of nitrogens with zero attached hydrogens (tertiary/aromatic N) is 1. The maximum Gasteiger partial charge on any atom is 0.264 e. The lowest BCUT2D eigenvalue weighted by atomic mass is 9.99. The van der Waals surface area contributed by atoms with Crippen molar-refractivity contribution in [3.05, 3.63) is 22.5 Å². The van der Waals surface area contributed by atoms with Gasteiger partial charge in [0.05, 0.1) is 6.61 Å². The van der Waals surface area contributed by atoms with Crippen molar-refractivity contribution in [2.24, 2.45) is 5.73 Å². The topological polar surface area (TPSA) is 110 Å². The highest BCUT2D eigenvalue weighted by Crippen LogP contribution is 2.17. The van der Waals surface area contributed by atoms with Gasteiger partial charge in [0.25, 0.3) is 5.56 Å². The first-order valence-electron chi connectivity index (χ1n) is 4.84. The van der Waals surface area contributed by atoms with Crippen LogP contribution in [0.15, 0.2) is 16.9 Å². The van der Waals surface area contributed by atoms with Crippen LogP contribution in [0.25, 0.3) is 0 Å². The molecule has 1 aromatic rings. The molecule has 1 unspecified atom stereocenters. The summed E-state index contributed by atoms with van der Waals surface area (Å²) in [4.78, 5) is 22.5. The van der Waals surface area contributed by atoms with Crippen molar-refractivity contribution < 1.29 is 9.53 Å². The second-order valence-electron chi connectivity index (χ2n) is 3.72. The predicted molar refractivity (Wildman–Crippen MR) is 55.8 cm³/mol. The minimum Gasteiger partial charge on any atom is -0.379 e. The van der Waals surface area contributed by atoms with Crippen LogP contribution in [0.1, 0.15) is 6.42 Å². The fraction of sp³-hybridized carbons (Fsp3) is 0.444. The zero-order chi connectivity index (χ0) is 11.6. The molecule has 1 atom stereocenters. The molecule has 7 heteroatoms. The number of carbonyl (C=O) groups is 1. The lowest BCUT2D eigenvalue weighted by molar-refractivity contribution is -0.121. The van der Waals surface area contributed by atoms with Gasteiger partial charge in [0.2, 0.25) is 5.91 Å². The van der Waals surface area contributed by atoms with E-state index < -0.39 is 5.54 Å². The smallest absolute Gasteiger partial charge is 0.264 e. The van der Waals surface area contributed by atoms with Crippen molar-refractivity contribution in [1.29, 1.82) is 0 Å². The third-order valence-corrected chi connectivity index (χ3v) is 2.43. The summed E-state index contributed by atoms with van der Waals surface area (Å²) in [7, 11) is 0. The fourth-order valence-corrected chi connectivity index (χ4v) is 1.41. The van der Waals surface area contributed by atoms with Crippen LogP contribution >= 0.6 is 0 Å². The van der Waals surface area contributed by atoms with Crippen molar-refractivity contribution in [3.63, 3.8) is 0 Å². The van der Waals surface area contributed by atoms with Gasteiger partial charge in [-0.05, 0) is 12.5 Å². The Morgan fingerprint density at radius 1 is 1.62 bits per heavy atom. The molecular formula is C9H12N4O3. The SMILES string of the molecule is NC1(C(=O)Nc2ccc(=O)[nH]n2)CCOC1.